The molecule has 0 saturated carbocycles. The van der Waals surface area contributed by atoms with E-state index in [0.29, 0.717) is 16.3 Å². The Morgan fingerprint density at radius 1 is 1.47 bits per heavy atom. The van der Waals surface area contributed by atoms with Crippen LogP contribution in [0.15, 0.2) is 33.4 Å². The molecule has 2 aromatic rings. The highest BCUT2D eigenvalue weighted by molar-refractivity contribution is 9.10. The van der Waals surface area contributed by atoms with Gasteiger partial charge in [0.1, 0.15) is 0 Å². The Labute approximate surface area is 99.8 Å². The van der Waals surface area contributed by atoms with E-state index in [1.54, 1.807) is 6.07 Å². The van der Waals surface area contributed by atoms with Gasteiger partial charge in [0.2, 0.25) is 0 Å². The molecular formula is C10H7BrClNO2. The molecule has 0 atom stereocenters. The number of aliphatic hydroxyl groups excluding tert-OH is 1. The van der Waals surface area contributed by atoms with E-state index in [1.165, 1.54) is 6.20 Å². The first-order chi connectivity index (χ1) is 7.22. The molecule has 0 aliphatic rings. The van der Waals surface area contributed by atoms with Gasteiger partial charge in [-0.25, -0.2) is 0 Å². The number of benzene rings is 1. The van der Waals surface area contributed by atoms with Crippen molar-refractivity contribution in [3.8, 4) is 11.3 Å². The minimum absolute atomic E-state index is 0.0981. The van der Waals surface area contributed by atoms with Crippen LogP contribution in [-0.2, 0) is 6.61 Å². The van der Waals surface area contributed by atoms with Gasteiger partial charge in [-0.1, -0.05) is 16.8 Å². The summed E-state index contributed by atoms with van der Waals surface area (Å²) in [5, 5.41) is 13.3. The average molecular weight is 289 g/mol. The van der Waals surface area contributed by atoms with E-state index in [0.717, 1.165) is 10.0 Å². The van der Waals surface area contributed by atoms with Gasteiger partial charge >= 0.3 is 0 Å². The summed E-state index contributed by atoms with van der Waals surface area (Å²) in [6, 6.07) is 5.39. The summed E-state index contributed by atoms with van der Waals surface area (Å²) in [5.74, 6) is 0.565. The first-order valence-corrected chi connectivity index (χ1v) is 5.39. The number of nitrogens with zero attached hydrogens (tertiary/aromatic N) is 1. The van der Waals surface area contributed by atoms with Crippen molar-refractivity contribution >= 4 is 27.5 Å². The van der Waals surface area contributed by atoms with Crippen molar-refractivity contribution in [2.75, 3.05) is 0 Å². The van der Waals surface area contributed by atoms with Crippen LogP contribution < -0.4 is 0 Å². The Balaban J connectivity index is 2.50. The van der Waals surface area contributed by atoms with Crippen molar-refractivity contribution in [1.82, 2.24) is 5.16 Å². The number of aliphatic hydroxyl groups is 1. The van der Waals surface area contributed by atoms with Gasteiger partial charge in [-0.05, 0) is 34.1 Å². The van der Waals surface area contributed by atoms with E-state index >= 15 is 0 Å². The first-order valence-electron chi connectivity index (χ1n) is 4.22. The molecule has 0 bridgehead atoms. The molecule has 0 spiro atoms. The molecule has 2 rings (SSSR count). The van der Waals surface area contributed by atoms with E-state index in [9.17, 15) is 0 Å². The van der Waals surface area contributed by atoms with E-state index in [2.05, 4.69) is 21.1 Å². The molecule has 5 heteroatoms. The van der Waals surface area contributed by atoms with Crippen LogP contribution in [0.1, 0.15) is 5.56 Å². The molecule has 3 nitrogen and oxygen atoms in total. The van der Waals surface area contributed by atoms with Crippen molar-refractivity contribution in [2.45, 2.75) is 6.61 Å². The highest BCUT2D eigenvalue weighted by Crippen LogP contribution is 2.30. The zero-order valence-corrected chi connectivity index (χ0v) is 9.92. The van der Waals surface area contributed by atoms with E-state index in [1.807, 2.05) is 12.1 Å². The predicted octanol–water partition coefficient (Wildman–Crippen LogP) is 3.25. The lowest BCUT2D eigenvalue weighted by atomic mass is 10.1. The number of halogens is 2. The summed E-state index contributed by atoms with van der Waals surface area (Å²) in [6.45, 7) is -0.0981. The summed E-state index contributed by atoms with van der Waals surface area (Å²) in [4.78, 5) is 0. The molecule has 0 saturated heterocycles. The minimum atomic E-state index is -0.0981. The number of hydrogen-bond acceptors (Lipinski definition) is 3. The van der Waals surface area contributed by atoms with Crippen LogP contribution in [0.3, 0.4) is 0 Å². The molecule has 0 aliphatic heterocycles. The molecule has 1 aromatic heterocycles. The Morgan fingerprint density at radius 2 is 2.27 bits per heavy atom. The zero-order chi connectivity index (χ0) is 10.8. The normalized spacial score (nSPS) is 10.6. The minimum Gasteiger partial charge on any atom is -0.391 e. The lowest BCUT2D eigenvalue weighted by Crippen LogP contribution is -1.84. The Bertz CT molecular complexity index is 484. The third-order valence-corrected chi connectivity index (χ3v) is 3.21. The van der Waals surface area contributed by atoms with Crippen LogP contribution >= 0.6 is 27.5 Å². The van der Waals surface area contributed by atoms with Crippen LogP contribution in [0, 0.1) is 0 Å². The third-order valence-electron chi connectivity index (χ3n) is 2.00. The van der Waals surface area contributed by atoms with Crippen LogP contribution in [0.5, 0.6) is 0 Å². The molecule has 0 fully saturated rings. The molecular weight excluding hydrogens is 281 g/mol. The number of aromatic nitrogens is 1. The Hall–Kier alpha value is -0.840. The Morgan fingerprint density at radius 3 is 2.93 bits per heavy atom. The van der Waals surface area contributed by atoms with Gasteiger partial charge in [-0.3, -0.25) is 0 Å². The van der Waals surface area contributed by atoms with E-state index in [-0.39, 0.29) is 6.61 Å². The lowest BCUT2D eigenvalue weighted by Gasteiger charge is -2.00. The maximum absolute atomic E-state index is 9.05. The molecule has 0 unspecified atom stereocenters. The summed E-state index contributed by atoms with van der Waals surface area (Å²) < 4.78 is 5.84. The van der Waals surface area contributed by atoms with Gasteiger partial charge in [0.05, 0.1) is 17.8 Å². The summed E-state index contributed by atoms with van der Waals surface area (Å²) in [5.41, 5.74) is 1.48. The zero-order valence-electron chi connectivity index (χ0n) is 7.58. The standard InChI is InChI=1S/C10H7BrClNO2/c11-8-3-6(1-2-9(8)12)10-7(5-14)4-13-15-10/h1-4,14H,5H2. The molecule has 1 heterocycles. The summed E-state index contributed by atoms with van der Waals surface area (Å²) >= 11 is 9.19. The SMILES string of the molecule is OCc1cnoc1-c1ccc(Cl)c(Br)c1. The Kier molecular flexibility index (Phi) is 3.09. The highest BCUT2D eigenvalue weighted by Gasteiger charge is 2.10. The smallest absolute Gasteiger partial charge is 0.172 e. The van der Waals surface area contributed by atoms with Crippen molar-refractivity contribution in [3.05, 3.63) is 39.5 Å². The van der Waals surface area contributed by atoms with Crippen LogP contribution in [0.25, 0.3) is 11.3 Å². The lowest BCUT2D eigenvalue weighted by molar-refractivity contribution is 0.281. The second kappa shape index (κ2) is 4.35. The average Bonchev–Trinajstić information content (AvgIpc) is 2.70. The molecule has 15 heavy (non-hydrogen) atoms. The maximum atomic E-state index is 9.05. The summed E-state index contributed by atoms with van der Waals surface area (Å²) in [7, 11) is 0. The van der Waals surface area contributed by atoms with E-state index in [4.69, 9.17) is 21.2 Å². The van der Waals surface area contributed by atoms with Crippen LogP contribution in [0.4, 0.5) is 0 Å². The quantitative estimate of drug-likeness (QED) is 0.922. The van der Waals surface area contributed by atoms with Crippen molar-refractivity contribution in [3.63, 3.8) is 0 Å². The first kappa shape index (κ1) is 10.7. The topological polar surface area (TPSA) is 46.3 Å². The molecule has 1 N–H and O–H groups in total. The molecule has 1 aromatic carbocycles. The fourth-order valence-corrected chi connectivity index (χ4v) is 1.74. The van der Waals surface area contributed by atoms with Crippen LogP contribution in [0.2, 0.25) is 5.02 Å². The fraction of sp³-hybridized carbons (Fsp3) is 0.100. The molecule has 0 radical (unpaired) electrons. The van der Waals surface area contributed by atoms with Crippen molar-refractivity contribution in [1.29, 1.82) is 0 Å². The van der Waals surface area contributed by atoms with E-state index < -0.39 is 0 Å². The van der Waals surface area contributed by atoms with Crippen molar-refractivity contribution in [2.24, 2.45) is 0 Å². The van der Waals surface area contributed by atoms with Gasteiger partial charge in [0.15, 0.2) is 5.76 Å². The van der Waals surface area contributed by atoms with Crippen molar-refractivity contribution < 1.29 is 9.63 Å². The largest absolute Gasteiger partial charge is 0.391 e. The van der Waals surface area contributed by atoms with Gasteiger partial charge in [0, 0.05) is 15.6 Å². The molecule has 0 aliphatic carbocycles. The molecule has 0 amide bonds. The van der Waals surface area contributed by atoms with Gasteiger partial charge in [0.25, 0.3) is 0 Å². The second-order valence-corrected chi connectivity index (χ2v) is 4.23. The number of rotatable bonds is 2. The summed E-state index contributed by atoms with van der Waals surface area (Å²) in [6.07, 6.45) is 1.50. The van der Waals surface area contributed by atoms with Gasteiger partial charge < -0.3 is 9.63 Å². The van der Waals surface area contributed by atoms with Crippen LogP contribution in [-0.4, -0.2) is 10.3 Å². The molecule has 78 valence electrons. The highest BCUT2D eigenvalue weighted by atomic mass is 79.9. The van der Waals surface area contributed by atoms with Gasteiger partial charge in [-0.2, -0.15) is 0 Å². The van der Waals surface area contributed by atoms with Gasteiger partial charge in [-0.15, -0.1) is 0 Å². The maximum Gasteiger partial charge on any atom is 0.172 e. The number of hydrogen-bond donors (Lipinski definition) is 1. The monoisotopic (exact) mass is 287 g/mol. The second-order valence-electron chi connectivity index (χ2n) is 2.97. The predicted molar refractivity (Wildman–Crippen MR) is 60.6 cm³/mol. The fourth-order valence-electron chi connectivity index (χ4n) is 1.25. The third kappa shape index (κ3) is 2.07.